The van der Waals surface area contributed by atoms with Gasteiger partial charge >= 0.3 is 0 Å². The summed E-state index contributed by atoms with van der Waals surface area (Å²) in [6.07, 6.45) is 0.967. The summed E-state index contributed by atoms with van der Waals surface area (Å²) in [7, 11) is 0. The summed E-state index contributed by atoms with van der Waals surface area (Å²) >= 11 is 9.22. The molecule has 11 heteroatoms. The molecule has 0 saturated carbocycles. The Morgan fingerprint density at radius 2 is 1.42 bits per heavy atom. The molecule has 4 amide bonds. The van der Waals surface area contributed by atoms with E-state index in [4.69, 9.17) is 11.6 Å². The van der Waals surface area contributed by atoms with Gasteiger partial charge in [0, 0.05) is 19.6 Å². The van der Waals surface area contributed by atoms with Crippen LogP contribution < -0.4 is 21.3 Å². The van der Waals surface area contributed by atoms with Crippen LogP contribution in [0.2, 0.25) is 0 Å². The van der Waals surface area contributed by atoms with Crippen molar-refractivity contribution in [2.24, 2.45) is 0 Å². The SMILES string of the molecule is O=C(CCl)NCCNC(=O)[C@H](CCCNC(=O)CI)NC(=O)CI. The van der Waals surface area contributed by atoms with Crippen LogP contribution in [0.1, 0.15) is 12.8 Å². The number of alkyl halides is 3. The van der Waals surface area contributed by atoms with Crippen molar-refractivity contribution >= 4 is 80.4 Å². The van der Waals surface area contributed by atoms with Crippen LogP contribution in [0.5, 0.6) is 0 Å². The third kappa shape index (κ3) is 12.1. The first-order chi connectivity index (χ1) is 11.4. The minimum Gasteiger partial charge on any atom is -0.355 e. The molecule has 0 radical (unpaired) electrons. The maximum absolute atomic E-state index is 12.1. The van der Waals surface area contributed by atoms with Gasteiger partial charge in [-0.2, -0.15) is 0 Å². The summed E-state index contributed by atoms with van der Waals surface area (Å²) in [4.78, 5) is 45.8. The average molecular weight is 587 g/mol. The second kappa shape index (κ2) is 14.9. The summed E-state index contributed by atoms with van der Waals surface area (Å²) in [6.45, 7) is 0.942. The number of carbonyl (C=O) groups excluding carboxylic acids is 4. The number of carbonyl (C=O) groups is 4. The van der Waals surface area contributed by atoms with Crippen LogP contribution in [-0.4, -0.2) is 64.0 Å². The predicted molar refractivity (Wildman–Crippen MR) is 109 cm³/mol. The van der Waals surface area contributed by atoms with Gasteiger partial charge in [0.25, 0.3) is 0 Å². The summed E-state index contributed by atoms with van der Waals surface area (Å²) in [5.74, 6) is -1.07. The van der Waals surface area contributed by atoms with Crippen molar-refractivity contribution in [1.82, 2.24) is 21.3 Å². The molecule has 4 N–H and O–H groups in total. The molecular formula is C13H21ClI2N4O4. The second-order valence-corrected chi connectivity index (χ2v) is 6.45. The van der Waals surface area contributed by atoms with Gasteiger partial charge in [0.2, 0.25) is 23.6 Å². The van der Waals surface area contributed by atoms with E-state index in [0.717, 1.165) is 0 Å². The van der Waals surface area contributed by atoms with Crippen LogP contribution in [0.4, 0.5) is 0 Å². The Morgan fingerprint density at radius 3 is 2.00 bits per heavy atom. The van der Waals surface area contributed by atoms with Crippen molar-refractivity contribution in [2.45, 2.75) is 18.9 Å². The fraction of sp³-hybridized carbons (Fsp3) is 0.692. The third-order valence-corrected chi connectivity index (χ3v) is 4.38. The quantitative estimate of drug-likeness (QED) is 0.143. The zero-order valence-electron chi connectivity index (χ0n) is 13.0. The lowest BCUT2D eigenvalue weighted by Crippen LogP contribution is -2.48. The molecule has 1 atom stereocenters. The van der Waals surface area contributed by atoms with Gasteiger partial charge in [0.15, 0.2) is 0 Å². The van der Waals surface area contributed by atoms with Crippen LogP contribution in [0, 0.1) is 0 Å². The largest absolute Gasteiger partial charge is 0.355 e. The molecule has 138 valence electrons. The lowest BCUT2D eigenvalue weighted by atomic mass is 10.1. The van der Waals surface area contributed by atoms with Crippen molar-refractivity contribution in [3.8, 4) is 0 Å². The molecule has 0 heterocycles. The lowest BCUT2D eigenvalue weighted by molar-refractivity contribution is -0.128. The molecule has 0 bridgehead atoms. The highest BCUT2D eigenvalue weighted by Crippen LogP contribution is 1.98. The number of halogens is 3. The van der Waals surface area contributed by atoms with Crippen molar-refractivity contribution in [3.63, 3.8) is 0 Å². The number of hydrogen-bond acceptors (Lipinski definition) is 4. The fourth-order valence-electron chi connectivity index (χ4n) is 1.64. The molecule has 0 unspecified atom stereocenters. The van der Waals surface area contributed by atoms with Gasteiger partial charge in [-0.05, 0) is 12.8 Å². The van der Waals surface area contributed by atoms with Gasteiger partial charge in [-0.3, -0.25) is 19.2 Å². The van der Waals surface area contributed by atoms with E-state index >= 15 is 0 Å². The smallest absolute Gasteiger partial charge is 0.242 e. The van der Waals surface area contributed by atoms with E-state index in [2.05, 4.69) is 21.3 Å². The van der Waals surface area contributed by atoms with Crippen LogP contribution in [-0.2, 0) is 19.2 Å². The second-order valence-electron chi connectivity index (χ2n) is 4.65. The Kier molecular flexibility index (Phi) is 14.7. The molecule has 0 aromatic rings. The number of hydrogen-bond donors (Lipinski definition) is 4. The molecule has 0 aliphatic heterocycles. The van der Waals surface area contributed by atoms with Gasteiger partial charge in [-0.15, -0.1) is 11.6 Å². The fourth-order valence-corrected chi connectivity index (χ4v) is 2.23. The molecule has 0 rings (SSSR count). The van der Waals surface area contributed by atoms with Crippen molar-refractivity contribution in [1.29, 1.82) is 0 Å². The third-order valence-electron chi connectivity index (χ3n) is 2.75. The molecule has 0 saturated heterocycles. The Bertz CT molecular complexity index is 440. The number of amides is 4. The van der Waals surface area contributed by atoms with Gasteiger partial charge in [0.05, 0.1) is 8.86 Å². The number of nitrogens with one attached hydrogen (secondary N) is 4. The first kappa shape index (κ1) is 23.6. The predicted octanol–water partition coefficient (Wildman–Crippen LogP) is -0.291. The van der Waals surface area contributed by atoms with Crippen LogP contribution in [0.3, 0.4) is 0 Å². The van der Waals surface area contributed by atoms with E-state index in [1.165, 1.54) is 0 Å². The van der Waals surface area contributed by atoms with Gasteiger partial charge in [0.1, 0.15) is 11.9 Å². The monoisotopic (exact) mass is 586 g/mol. The zero-order chi connectivity index (χ0) is 18.4. The molecule has 0 aliphatic rings. The van der Waals surface area contributed by atoms with Crippen LogP contribution in [0.15, 0.2) is 0 Å². The van der Waals surface area contributed by atoms with E-state index in [9.17, 15) is 19.2 Å². The average Bonchev–Trinajstić information content (AvgIpc) is 2.59. The van der Waals surface area contributed by atoms with Crippen molar-refractivity contribution in [2.75, 3.05) is 34.4 Å². The van der Waals surface area contributed by atoms with E-state index in [-0.39, 0.29) is 47.0 Å². The van der Waals surface area contributed by atoms with Crippen molar-refractivity contribution in [3.05, 3.63) is 0 Å². The Balaban J connectivity index is 4.26. The maximum atomic E-state index is 12.1. The zero-order valence-corrected chi connectivity index (χ0v) is 18.1. The van der Waals surface area contributed by atoms with Crippen molar-refractivity contribution < 1.29 is 19.2 Å². The molecule has 0 aromatic heterocycles. The van der Waals surface area contributed by atoms with E-state index < -0.39 is 6.04 Å². The summed E-state index contributed by atoms with van der Waals surface area (Å²) < 4.78 is 0.625. The van der Waals surface area contributed by atoms with E-state index in [0.29, 0.717) is 23.8 Å². The molecule has 0 fully saturated rings. The normalized spacial score (nSPS) is 11.3. The minimum atomic E-state index is -0.674. The number of rotatable bonds is 12. The molecule has 0 aromatic carbocycles. The highest BCUT2D eigenvalue weighted by Gasteiger charge is 2.19. The standard InChI is InChI=1S/C13H21ClI2N4O4/c14-6-10(21)18-4-5-19-13(24)9(20-12(23)8-16)2-1-3-17-11(22)7-15/h9H,1-8H2,(H,17,22)(H,18,21)(H,19,24)(H,20,23)/t9-/m0/s1. The van der Waals surface area contributed by atoms with Gasteiger partial charge < -0.3 is 21.3 Å². The Labute approximate surface area is 173 Å². The first-order valence-electron chi connectivity index (χ1n) is 7.23. The highest BCUT2D eigenvalue weighted by molar-refractivity contribution is 14.1. The topological polar surface area (TPSA) is 116 Å². The highest BCUT2D eigenvalue weighted by atomic mass is 127. The first-order valence-corrected chi connectivity index (χ1v) is 10.8. The van der Waals surface area contributed by atoms with Crippen LogP contribution in [0.25, 0.3) is 0 Å². The maximum Gasteiger partial charge on any atom is 0.242 e. The minimum absolute atomic E-state index is 0.0667. The lowest BCUT2D eigenvalue weighted by Gasteiger charge is -2.18. The molecule has 0 spiro atoms. The van der Waals surface area contributed by atoms with Crippen LogP contribution >= 0.6 is 56.8 Å². The molecular weight excluding hydrogens is 565 g/mol. The van der Waals surface area contributed by atoms with E-state index in [1.807, 2.05) is 45.2 Å². The molecule has 8 nitrogen and oxygen atoms in total. The van der Waals surface area contributed by atoms with E-state index in [1.54, 1.807) is 0 Å². The Hall–Kier alpha value is -0.370. The Morgan fingerprint density at radius 1 is 0.833 bits per heavy atom. The molecule has 0 aliphatic carbocycles. The summed E-state index contributed by atoms with van der Waals surface area (Å²) in [5, 5.41) is 10.5. The van der Waals surface area contributed by atoms with Gasteiger partial charge in [-0.25, -0.2) is 0 Å². The molecule has 24 heavy (non-hydrogen) atoms. The van der Waals surface area contributed by atoms with Gasteiger partial charge in [-0.1, -0.05) is 45.2 Å². The summed E-state index contributed by atoms with van der Waals surface area (Å²) in [5.41, 5.74) is 0. The summed E-state index contributed by atoms with van der Waals surface area (Å²) in [6, 6.07) is -0.674.